The van der Waals surface area contributed by atoms with E-state index in [9.17, 15) is 0 Å². The summed E-state index contributed by atoms with van der Waals surface area (Å²) < 4.78 is 0. The van der Waals surface area contributed by atoms with Gasteiger partial charge in [-0.2, -0.15) is 0 Å². The van der Waals surface area contributed by atoms with Crippen molar-refractivity contribution >= 4 is 5.82 Å². The third-order valence-corrected chi connectivity index (χ3v) is 2.09. The van der Waals surface area contributed by atoms with Crippen molar-refractivity contribution in [3.05, 3.63) is 35.5 Å². The minimum Gasteiger partial charge on any atom is -0.366 e. The second-order valence-corrected chi connectivity index (χ2v) is 3.28. The highest BCUT2D eigenvalue weighted by Gasteiger charge is 2.05. The smallest absolute Gasteiger partial charge is 0.131 e. The predicted octanol–water partition coefficient (Wildman–Crippen LogP) is 1.76. The summed E-state index contributed by atoms with van der Waals surface area (Å²) >= 11 is 0. The van der Waals surface area contributed by atoms with Gasteiger partial charge in [-0.3, -0.25) is 0 Å². The summed E-state index contributed by atoms with van der Waals surface area (Å²) in [7, 11) is 0. The minimum atomic E-state index is 0.512. The molecular formula is C11H17N3. The normalized spacial score (nSPS) is 9.93. The van der Waals surface area contributed by atoms with Crippen molar-refractivity contribution < 1.29 is 0 Å². The van der Waals surface area contributed by atoms with Gasteiger partial charge in [0.05, 0.1) is 0 Å². The van der Waals surface area contributed by atoms with Crippen LogP contribution < -0.4 is 11.1 Å². The molecule has 0 unspecified atom stereocenters. The van der Waals surface area contributed by atoms with Gasteiger partial charge in [0.2, 0.25) is 0 Å². The van der Waals surface area contributed by atoms with E-state index in [0.29, 0.717) is 13.1 Å². The van der Waals surface area contributed by atoms with E-state index in [1.54, 1.807) is 6.08 Å². The van der Waals surface area contributed by atoms with Crippen molar-refractivity contribution in [3.63, 3.8) is 0 Å². The van der Waals surface area contributed by atoms with Crippen molar-refractivity contribution in [2.45, 2.75) is 20.4 Å². The number of rotatable bonds is 4. The third-order valence-electron chi connectivity index (χ3n) is 2.09. The van der Waals surface area contributed by atoms with Crippen molar-refractivity contribution in [2.24, 2.45) is 5.73 Å². The van der Waals surface area contributed by atoms with Crippen LogP contribution in [-0.4, -0.2) is 11.5 Å². The average Bonchev–Trinajstić information content (AvgIpc) is 2.14. The molecule has 0 fully saturated rings. The summed E-state index contributed by atoms with van der Waals surface area (Å²) in [5, 5.41) is 3.19. The molecule has 14 heavy (non-hydrogen) atoms. The predicted molar refractivity (Wildman–Crippen MR) is 60.3 cm³/mol. The molecule has 3 N–H and O–H groups in total. The fraction of sp³-hybridized carbons (Fsp3) is 0.364. The number of hydrogen-bond acceptors (Lipinski definition) is 3. The Kier molecular flexibility index (Phi) is 3.65. The maximum absolute atomic E-state index is 5.67. The van der Waals surface area contributed by atoms with Crippen LogP contribution in [0.5, 0.6) is 0 Å². The standard InChI is InChI=1S/C11H17N3/c1-4-5-13-11-10(7-12)8(2)6-9(3)14-11/h4,6H,1,5,7,12H2,2-3H3,(H,13,14). The Morgan fingerprint density at radius 3 is 2.86 bits per heavy atom. The quantitative estimate of drug-likeness (QED) is 0.713. The Morgan fingerprint density at radius 1 is 1.57 bits per heavy atom. The number of hydrogen-bond donors (Lipinski definition) is 2. The first-order chi connectivity index (χ1) is 6.69. The maximum atomic E-state index is 5.67. The van der Waals surface area contributed by atoms with Gasteiger partial charge in [-0.05, 0) is 25.5 Å². The van der Waals surface area contributed by atoms with E-state index >= 15 is 0 Å². The molecule has 76 valence electrons. The zero-order chi connectivity index (χ0) is 10.6. The minimum absolute atomic E-state index is 0.512. The Morgan fingerprint density at radius 2 is 2.29 bits per heavy atom. The van der Waals surface area contributed by atoms with Gasteiger partial charge in [-0.25, -0.2) is 4.98 Å². The molecular weight excluding hydrogens is 174 g/mol. The topological polar surface area (TPSA) is 50.9 Å². The second-order valence-electron chi connectivity index (χ2n) is 3.28. The monoisotopic (exact) mass is 191 g/mol. The van der Waals surface area contributed by atoms with Crippen molar-refractivity contribution in [1.29, 1.82) is 0 Å². The van der Waals surface area contributed by atoms with Crippen LogP contribution in [0, 0.1) is 13.8 Å². The fourth-order valence-corrected chi connectivity index (χ4v) is 1.44. The summed E-state index contributed by atoms with van der Waals surface area (Å²) in [6.07, 6.45) is 1.81. The van der Waals surface area contributed by atoms with Crippen LogP contribution >= 0.6 is 0 Å². The Labute approximate surface area is 85.0 Å². The van der Waals surface area contributed by atoms with Gasteiger partial charge < -0.3 is 11.1 Å². The number of nitrogens with zero attached hydrogens (tertiary/aromatic N) is 1. The van der Waals surface area contributed by atoms with Crippen LogP contribution in [0.1, 0.15) is 16.8 Å². The Bertz CT molecular complexity index is 332. The SMILES string of the molecule is C=CCNc1nc(C)cc(C)c1CN. The van der Waals surface area contributed by atoms with Gasteiger partial charge in [0.1, 0.15) is 5.82 Å². The molecule has 0 amide bonds. The lowest BCUT2D eigenvalue weighted by molar-refractivity contribution is 1.00. The molecule has 3 nitrogen and oxygen atoms in total. The molecule has 0 saturated heterocycles. The van der Waals surface area contributed by atoms with Gasteiger partial charge in [0.15, 0.2) is 0 Å². The van der Waals surface area contributed by atoms with Crippen LogP contribution in [-0.2, 0) is 6.54 Å². The molecule has 0 bridgehead atoms. The first kappa shape index (κ1) is 10.7. The van der Waals surface area contributed by atoms with Gasteiger partial charge in [-0.15, -0.1) is 6.58 Å². The van der Waals surface area contributed by atoms with E-state index in [1.165, 1.54) is 5.56 Å². The first-order valence-electron chi connectivity index (χ1n) is 4.71. The molecule has 1 aromatic rings. The number of nitrogens with two attached hydrogens (primary N) is 1. The molecule has 3 heteroatoms. The highest BCUT2D eigenvalue weighted by molar-refractivity contribution is 5.49. The van der Waals surface area contributed by atoms with E-state index < -0.39 is 0 Å². The molecule has 0 aliphatic heterocycles. The molecule has 0 aliphatic carbocycles. The third kappa shape index (κ3) is 2.33. The van der Waals surface area contributed by atoms with E-state index in [1.807, 2.05) is 13.0 Å². The summed E-state index contributed by atoms with van der Waals surface area (Å²) in [5.41, 5.74) is 8.94. The number of anilines is 1. The molecule has 1 heterocycles. The van der Waals surface area contributed by atoms with E-state index in [0.717, 1.165) is 17.1 Å². The van der Waals surface area contributed by atoms with E-state index in [4.69, 9.17) is 5.73 Å². The molecule has 0 aromatic carbocycles. The highest BCUT2D eigenvalue weighted by Crippen LogP contribution is 2.17. The fourth-order valence-electron chi connectivity index (χ4n) is 1.44. The molecule has 0 radical (unpaired) electrons. The van der Waals surface area contributed by atoms with Crippen molar-refractivity contribution in [3.8, 4) is 0 Å². The lowest BCUT2D eigenvalue weighted by Crippen LogP contribution is -2.10. The largest absolute Gasteiger partial charge is 0.366 e. The van der Waals surface area contributed by atoms with Gasteiger partial charge >= 0.3 is 0 Å². The average molecular weight is 191 g/mol. The summed E-state index contributed by atoms with van der Waals surface area (Å²) in [6, 6.07) is 2.04. The maximum Gasteiger partial charge on any atom is 0.131 e. The van der Waals surface area contributed by atoms with Gasteiger partial charge in [0.25, 0.3) is 0 Å². The second kappa shape index (κ2) is 4.77. The van der Waals surface area contributed by atoms with E-state index in [2.05, 4.69) is 23.8 Å². The van der Waals surface area contributed by atoms with Gasteiger partial charge in [-0.1, -0.05) is 6.08 Å². The van der Waals surface area contributed by atoms with Crippen LogP contribution in [0.3, 0.4) is 0 Å². The lowest BCUT2D eigenvalue weighted by Gasteiger charge is -2.12. The first-order valence-corrected chi connectivity index (χ1v) is 4.71. The number of nitrogens with one attached hydrogen (secondary N) is 1. The summed E-state index contributed by atoms with van der Waals surface area (Å²) in [6.45, 7) is 8.91. The Balaban J connectivity index is 3.04. The summed E-state index contributed by atoms with van der Waals surface area (Å²) in [5.74, 6) is 0.880. The Hall–Kier alpha value is -1.35. The number of aryl methyl sites for hydroxylation is 2. The van der Waals surface area contributed by atoms with Crippen LogP contribution in [0.25, 0.3) is 0 Å². The number of aromatic nitrogens is 1. The molecule has 0 spiro atoms. The molecule has 0 atom stereocenters. The lowest BCUT2D eigenvalue weighted by atomic mass is 10.1. The van der Waals surface area contributed by atoms with Crippen LogP contribution in [0.2, 0.25) is 0 Å². The van der Waals surface area contributed by atoms with E-state index in [-0.39, 0.29) is 0 Å². The van der Waals surface area contributed by atoms with Crippen molar-refractivity contribution in [1.82, 2.24) is 4.98 Å². The van der Waals surface area contributed by atoms with Crippen LogP contribution in [0.4, 0.5) is 5.82 Å². The highest BCUT2D eigenvalue weighted by atomic mass is 15.0. The summed E-state index contributed by atoms with van der Waals surface area (Å²) in [4.78, 5) is 4.40. The molecule has 1 rings (SSSR count). The molecule has 0 aliphatic rings. The molecule has 1 aromatic heterocycles. The van der Waals surface area contributed by atoms with Gasteiger partial charge in [0, 0.05) is 24.3 Å². The zero-order valence-corrected chi connectivity index (χ0v) is 8.80. The number of pyridine rings is 1. The van der Waals surface area contributed by atoms with Crippen LogP contribution in [0.15, 0.2) is 18.7 Å². The zero-order valence-electron chi connectivity index (χ0n) is 8.80. The van der Waals surface area contributed by atoms with Crippen molar-refractivity contribution in [2.75, 3.05) is 11.9 Å². The molecule has 0 saturated carbocycles.